The fourth-order valence-corrected chi connectivity index (χ4v) is 4.48. The Balaban J connectivity index is 1.61. The van der Waals surface area contributed by atoms with Crippen LogP contribution in [0, 0.1) is 0 Å². The number of hydrogen-bond donors (Lipinski definition) is 2. The number of pyridine rings is 1. The average molecular weight is 448 g/mol. The number of aliphatic hydroxyl groups is 1. The Kier molecular flexibility index (Phi) is 5.94. The fourth-order valence-electron chi connectivity index (χ4n) is 4.48. The third-order valence-corrected chi connectivity index (χ3v) is 6.23. The molecule has 0 bridgehead atoms. The number of nitrogens with zero attached hydrogens (tertiary/aromatic N) is 2. The minimum absolute atomic E-state index is 0.325. The number of ether oxygens (including phenoxy) is 1. The summed E-state index contributed by atoms with van der Waals surface area (Å²) in [6.45, 7) is 6.23. The smallest absolute Gasteiger partial charge is 0.380 e. The molecule has 3 heterocycles. The monoisotopic (exact) mass is 447 g/mol. The highest BCUT2D eigenvalue weighted by Gasteiger charge is 2.56. The number of anilines is 1. The molecule has 0 saturated carbocycles. The van der Waals surface area contributed by atoms with Gasteiger partial charge in [-0.1, -0.05) is 26.0 Å². The van der Waals surface area contributed by atoms with E-state index in [1.54, 1.807) is 38.4 Å². The number of alkyl halides is 3. The van der Waals surface area contributed by atoms with Crippen LogP contribution in [0.4, 0.5) is 18.9 Å². The molecular weight excluding hydrogens is 419 g/mol. The standard InChI is InChI=1S/C24H28F3N3O2/c1-22(2,18-4-3-5-20(13-18)30-8-10-32-11-9-30)16-23(31,24(25,26)27)14-19-12-17-15-28-7-6-21(17)29-19/h3-7,12-13,15,29,31H,8-11,14,16H2,1-2H3. The lowest BCUT2D eigenvalue weighted by atomic mass is 9.73. The maximum absolute atomic E-state index is 14.2. The van der Waals surface area contributed by atoms with Gasteiger partial charge in [-0.05, 0) is 41.7 Å². The molecule has 1 saturated heterocycles. The molecule has 0 aliphatic carbocycles. The van der Waals surface area contributed by atoms with Gasteiger partial charge < -0.3 is 19.7 Å². The van der Waals surface area contributed by atoms with Crippen molar-refractivity contribution >= 4 is 16.6 Å². The van der Waals surface area contributed by atoms with Crippen molar-refractivity contribution in [3.05, 3.63) is 60.0 Å². The first-order chi connectivity index (χ1) is 15.1. The van der Waals surface area contributed by atoms with E-state index in [2.05, 4.69) is 14.9 Å². The molecule has 2 N–H and O–H groups in total. The zero-order valence-electron chi connectivity index (χ0n) is 18.2. The Morgan fingerprint density at radius 1 is 1.12 bits per heavy atom. The number of fused-ring (bicyclic) bond motifs is 1. The van der Waals surface area contributed by atoms with E-state index in [9.17, 15) is 18.3 Å². The molecule has 32 heavy (non-hydrogen) atoms. The number of aromatic nitrogens is 2. The second-order valence-electron chi connectivity index (χ2n) is 9.17. The van der Waals surface area contributed by atoms with Crippen molar-refractivity contribution in [2.75, 3.05) is 31.2 Å². The number of hydrogen-bond acceptors (Lipinski definition) is 4. The van der Waals surface area contributed by atoms with Crippen molar-refractivity contribution < 1.29 is 23.0 Å². The molecule has 1 aromatic carbocycles. The molecule has 5 nitrogen and oxygen atoms in total. The fraction of sp³-hybridized carbons (Fsp3) is 0.458. The first-order valence-electron chi connectivity index (χ1n) is 10.7. The molecule has 1 aliphatic heterocycles. The molecule has 0 radical (unpaired) electrons. The van der Waals surface area contributed by atoms with Crippen LogP contribution in [0.15, 0.2) is 48.8 Å². The van der Waals surface area contributed by atoms with E-state index in [1.165, 1.54) is 0 Å². The van der Waals surface area contributed by atoms with E-state index < -0.39 is 30.0 Å². The lowest BCUT2D eigenvalue weighted by Gasteiger charge is -2.38. The molecule has 1 atom stereocenters. The summed E-state index contributed by atoms with van der Waals surface area (Å²) >= 11 is 0. The summed E-state index contributed by atoms with van der Waals surface area (Å²) in [5, 5.41) is 11.7. The summed E-state index contributed by atoms with van der Waals surface area (Å²) < 4.78 is 47.9. The highest BCUT2D eigenvalue weighted by Crippen LogP contribution is 2.43. The summed E-state index contributed by atoms with van der Waals surface area (Å²) in [5.74, 6) is 0. The summed E-state index contributed by atoms with van der Waals surface area (Å²) in [6.07, 6.45) is -2.66. The van der Waals surface area contributed by atoms with Crippen molar-refractivity contribution in [1.82, 2.24) is 9.97 Å². The number of rotatable bonds is 6. The lowest BCUT2D eigenvalue weighted by molar-refractivity contribution is -0.266. The Morgan fingerprint density at radius 2 is 1.88 bits per heavy atom. The Hall–Kier alpha value is -2.58. The van der Waals surface area contributed by atoms with Crippen LogP contribution in [-0.4, -0.2) is 53.2 Å². The van der Waals surface area contributed by atoms with E-state index in [1.807, 2.05) is 24.3 Å². The van der Waals surface area contributed by atoms with E-state index in [0.29, 0.717) is 29.8 Å². The van der Waals surface area contributed by atoms with Crippen LogP contribution >= 0.6 is 0 Å². The third-order valence-electron chi connectivity index (χ3n) is 6.23. The first-order valence-corrected chi connectivity index (χ1v) is 10.7. The third kappa shape index (κ3) is 4.61. The second-order valence-corrected chi connectivity index (χ2v) is 9.17. The zero-order valence-corrected chi connectivity index (χ0v) is 18.2. The van der Waals surface area contributed by atoms with Gasteiger partial charge in [-0.25, -0.2) is 0 Å². The van der Waals surface area contributed by atoms with Gasteiger partial charge in [-0.15, -0.1) is 0 Å². The van der Waals surface area contributed by atoms with Gasteiger partial charge in [0.1, 0.15) is 0 Å². The van der Waals surface area contributed by atoms with E-state index >= 15 is 0 Å². The van der Waals surface area contributed by atoms with Crippen LogP contribution in [0.25, 0.3) is 10.9 Å². The van der Waals surface area contributed by atoms with Gasteiger partial charge in [0.05, 0.1) is 13.2 Å². The van der Waals surface area contributed by atoms with Gasteiger partial charge in [0.2, 0.25) is 0 Å². The lowest BCUT2D eigenvalue weighted by Crippen LogP contribution is -2.50. The van der Waals surface area contributed by atoms with Crippen molar-refractivity contribution in [2.45, 2.75) is 43.9 Å². The van der Waals surface area contributed by atoms with Crippen molar-refractivity contribution in [3.63, 3.8) is 0 Å². The molecular formula is C24H28F3N3O2. The number of aromatic amines is 1. The number of halogens is 3. The zero-order chi connectivity index (χ0) is 23.0. The van der Waals surface area contributed by atoms with Gasteiger partial charge in [0.15, 0.2) is 5.60 Å². The molecule has 1 fully saturated rings. The quantitative estimate of drug-likeness (QED) is 0.580. The summed E-state index contributed by atoms with van der Waals surface area (Å²) in [7, 11) is 0. The molecule has 172 valence electrons. The number of morpholine rings is 1. The van der Waals surface area contributed by atoms with Crippen LogP contribution in [-0.2, 0) is 16.6 Å². The molecule has 1 unspecified atom stereocenters. The topological polar surface area (TPSA) is 61.4 Å². The van der Waals surface area contributed by atoms with Gasteiger partial charge in [0.25, 0.3) is 0 Å². The van der Waals surface area contributed by atoms with Gasteiger partial charge >= 0.3 is 6.18 Å². The number of benzene rings is 1. The summed E-state index contributed by atoms with van der Waals surface area (Å²) in [6, 6.07) is 10.9. The molecule has 4 rings (SSSR count). The van der Waals surface area contributed by atoms with Crippen molar-refractivity contribution in [3.8, 4) is 0 Å². The Bertz CT molecular complexity index is 1040. The normalized spacial score (nSPS) is 17.5. The molecule has 8 heteroatoms. The second kappa shape index (κ2) is 8.41. The first kappa shape index (κ1) is 22.6. The average Bonchev–Trinajstić information content (AvgIpc) is 3.15. The predicted molar refractivity (Wildman–Crippen MR) is 118 cm³/mol. The highest BCUT2D eigenvalue weighted by atomic mass is 19.4. The van der Waals surface area contributed by atoms with Crippen LogP contribution < -0.4 is 4.90 Å². The van der Waals surface area contributed by atoms with E-state index in [0.717, 1.165) is 24.3 Å². The maximum atomic E-state index is 14.2. The minimum atomic E-state index is -4.79. The minimum Gasteiger partial charge on any atom is -0.380 e. The van der Waals surface area contributed by atoms with Crippen LogP contribution in [0.3, 0.4) is 0 Å². The Labute approximate surface area is 185 Å². The van der Waals surface area contributed by atoms with Crippen molar-refractivity contribution in [2.24, 2.45) is 0 Å². The highest BCUT2D eigenvalue weighted by molar-refractivity contribution is 5.79. The molecule has 0 amide bonds. The van der Waals surface area contributed by atoms with E-state index in [4.69, 9.17) is 4.74 Å². The van der Waals surface area contributed by atoms with Crippen LogP contribution in [0.1, 0.15) is 31.5 Å². The SMILES string of the molecule is CC(C)(CC(O)(Cc1cc2cnccc2[nH]1)C(F)(F)F)c1cccc(N2CCOCC2)c1. The van der Waals surface area contributed by atoms with Gasteiger partial charge in [-0.3, -0.25) is 4.98 Å². The molecule has 2 aromatic heterocycles. The van der Waals surface area contributed by atoms with Crippen molar-refractivity contribution in [1.29, 1.82) is 0 Å². The van der Waals surface area contributed by atoms with Gasteiger partial charge in [-0.2, -0.15) is 13.2 Å². The molecule has 3 aromatic rings. The summed E-state index contributed by atoms with van der Waals surface area (Å²) in [4.78, 5) is 9.15. The van der Waals surface area contributed by atoms with Crippen LogP contribution in [0.2, 0.25) is 0 Å². The Morgan fingerprint density at radius 3 is 2.56 bits per heavy atom. The molecule has 0 spiro atoms. The van der Waals surface area contributed by atoms with Gasteiger partial charge in [0, 0.05) is 54.2 Å². The number of nitrogens with one attached hydrogen (secondary N) is 1. The maximum Gasteiger partial charge on any atom is 0.417 e. The largest absolute Gasteiger partial charge is 0.417 e. The van der Waals surface area contributed by atoms with E-state index in [-0.39, 0.29) is 0 Å². The van der Waals surface area contributed by atoms with Crippen LogP contribution in [0.5, 0.6) is 0 Å². The summed E-state index contributed by atoms with van der Waals surface area (Å²) in [5.41, 5.74) is -1.08. The predicted octanol–water partition coefficient (Wildman–Crippen LogP) is 4.60. The molecule has 1 aliphatic rings. The number of H-pyrrole nitrogens is 1.